The van der Waals surface area contributed by atoms with Crippen LogP contribution in [-0.2, 0) is 6.42 Å². The minimum absolute atomic E-state index is 0.536. The first-order valence-electron chi connectivity index (χ1n) is 4.61. The molecule has 1 aromatic carbocycles. The maximum Gasteiger partial charge on any atom is 0.0294 e. The number of hydrogen-bond donors (Lipinski definition) is 1. The molecule has 1 aliphatic rings. The smallest absolute Gasteiger partial charge is 0.0294 e. The molecule has 0 bridgehead atoms. The Morgan fingerprint density at radius 1 is 1.42 bits per heavy atom. The summed E-state index contributed by atoms with van der Waals surface area (Å²) in [5.74, 6) is 0. The number of benzene rings is 1. The zero-order chi connectivity index (χ0) is 8.55. The van der Waals surface area contributed by atoms with Crippen molar-refractivity contribution >= 4 is 0 Å². The van der Waals surface area contributed by atoms with Gasteiger partial charge in [-0.15, -0.1) is 0 Å². The molecule has 1 N–H and O–H groups in total. The number of rotatable bonds is 0. The van der Waals surface area contributed by atoms with Gasteiger partial charge in [0, 0.05) is 6.04 Å². The minimum Gasteiger partial charge on any atom is -0.310 e. The fourth-order valence-electron chi connectivity index (χ4n) is 2.00. The van der Waals surface area contributed by atoms with Gasteiger partial charge in [-0.25, -0.2) is 0 Å². The number of fused-ring (bicyclic) bond motifs is 1. The highest BCUT2D eigenvalue weighted by Crippen LogP contribution is 2.24. The van der Waals surface area contributed by atoms with Gasteiger partial charge in [-0.2, -0.15) is 0 Å². The predicted octanol–water partition coefficient (Wildman–Crippen LogP) is 2.20. The second-order valence-corrected chi connectivity index (χ2v) is 3.57. The van der Waals surface area contributed by atoms with Gasteiger partial charge in [-0.05, 0) is 43.5 Å². The van der Waals surface area contributed by atoms with E-state index in [1.165, 1.54) is 17.5 Å². The second-order valence-electron chi connectivity index (χ2n) is 3.57. The van der Waals surface area contributed by atoms with Crippen LogP contribution < -0.4 is 5.32 Å². The van der Waals surface area contributed by atoms with E-state index in [0.717, 1.165) is 6.54 Å². The Hall–Kier alpha value is -0.820. The largest absolute Gasteiger partial charge is 0.310 e. The van der Waals surface area contributed by atoms with E-state index in [4.69, 9.17) is 0 Å². The zero-order valence-corrected chi connectivity index (χ0v) is 7.72. The van der Waals surface area contributed by atoms with Gasteiger partial charge in [-0.3, -0.25) is 0 Å². The Labute approximate surface area is 73.8 Å². The highest BCUT2D eigenvalue weighted by molar-refractivity contribution is 5.38. The Morgan fingerprint density at radius 3 is 3.00 bits per heavy atom. The van der Waals surface area contributed by atoms with Crippen LogP contribution >= 0.6 is 0 Å². The monoisotopic (exact) mass is 161 g/mol. The van der Waals surface area contributed by atoms with Crippen molar-refractivity contribution in [3.63, 3.8) is 0 Å². The summed E-state index contributed by atoms with van der Waals surface area (Å²) in [5, 5.41) is 3.47. The number of nitrogens with one attached hydrogen (secondary N) is 1. The van der Waals surface area contributed by atoms with Crippen molar-refractivity contribution in [3.8, 4) is 0 Å². The third kappa shape index (κ3) is 1.14. The average molecular weight is 161 g/mol. The molecule has 1 aliphatic heterocycles. The van der Waals surface area contributed by atoms with Crippen LogP contribution in [0.5, 0.6) is 0 Å². The lowest BCUT2D eigenvalue weighted by Gasteiger charge is -2.25. The van der Waals surface area contributed by atoms with E-state index >= 15 is 0 Å². The lowest BCUT2D eigenvalue weighted by molar-refractivity contribution is 0.539. The van der Waals surface area contributed by atoms with Crippen molar-refractivity contribution in [2.75, 3.05) is 6.54 Å². The molecule has 0 saturated carbocycles. The molecule has 0 aliphatic carbocycles. The summed E-state index contributed by atoms with van der Waals surface area (Å²) < 4.78 is 0. The summed E-state index contributed by atoms with van der Waals surface area (Å²) in [5.41, 5.74) is 4.49. The van der Waals surface area contributed by atoms with Gasteiger partial charge in [0.2, 0.25) is 0 Å². The molecule has 0 amide bonds. The van der Waals surface area contributed by atoms with E-state index in [9.17, 15) is 0 Å². The second kappa shape index (κ2) is 2.91. The maximum absolute atomic E-state index is 3.47. The van der Waals surface area contributed by atoms with Crippen LogP contribution in [0.3, 0.4) is 0 Å². The van der Waals surface area contributed by atoms with Gasteiger partial charge in [-0.1, -0.05) is 18.2 Å². The predicted molar refractivity (Wildman–Crippen MR) is 51.3 cm³/mol. The lowest BCUT2D eigenvalue weighted by Crippen LogP contribution is -2.28. The van der Waals surface area contributed by atoms with Gasteiger partial charge < -0.3 is 5.32 Å². The first-order chi connectivity index (χ1) is 5.79. The highest BCUT2D eigenvalue weighted by Gasteiger charge is 2.15. The number of hydrogen-bond acceptors (Lipinski definition) is 1. The first-order valence-corrected chi connectivity index (χ1v) is 4.61. The van der Waals surface area contributed by atoms with E-state index in [1.54, 1.807) is 5.56 Å². The van der Waals surface area contributed by atoms with Crippen LogP contribution in [-0.4, -0.2) is 6.54 Å². The van der Waals surface area contributed by atoms with Gasteiger partial charge >= 0.3 is 0 Å². The molecule has 0 fully saturated rings. The molecule has 1 nitrogen and oxygen atoms in total. The van der Waals surface area contributed by atoms with Crippen molar-refractivity contribution in [2.45, 2.75) is 26.3 Å². The molecule has 1 atom stereocenters. The molecule has 2 rings (SSSR count). The van der Waals surface area contributed by atoms with Gasteiger partial charge in [0.05, 0.1) is 0 Å². The van der Waals surface area contributed by atoms with Crippen molar-refractivity contribution in [1.82, 2.24) is 5.32 Å². The van der Waals surface area contributed by atoms with Crippen LogP contribution in [0.4, 0.5) is 0 Å². The SMILES string of the molecule is Cc1cccc2c1CCNC2C. The fourth-order valence-corrected chi connectivity index (χ4v) is 2.00. The Morgan fingerprint density at radius 2 is 2.25 bits per heavy atom. The third-order valence-corrected chi connectivity index (χ3v) is 2.74. The lowest BCUT2D eigenvalue weighted by atomic mass is 9.92. The molecule has 0 spiro atoms. The normalized spacial score (nSPS) is 22.0. The summed E-state index contributed by atoms with van der Waals surface area (Å²) >= 11 is 0. The third-order valence-electron chi connectivity index (χ3n) is 2.74. The molecule has 12 heavy (non-hydrogen) atoms. The molecule has 64 valence electrons. The molecule has 1 heterocycles. The Bertz CT molecular complexity index is 291. The number of aryl methyl sites for hydroxylation is 1. The van der Waals surface area contributed by atoms with Crippen LogP contribution in [0, 0.1) is 6.92 Å². The maximum atomic E-state index is 3.47. The van der Waals surface area contributed by atoms with Crippen molar-refractivity contribution in [2.24, 2.45) is 0 Å². The molecular weight excluding hydrogens is 146 g/mol. The Kier molecular flexibility index (Phi) is 1.89. The molecule has 0 radical (unpaired) electrons. The van der Waals surface area contributed by atoms with E-state index in [1.807, 2.05) is 0 Å². The Balaban J connectivity index is 2.52. The molecule has 1 heteroatoms. The summed E-state index contributed by atoms with van der Waals surface area (Å²) in [6.45, 7) is 5.56. The topological polar surface area (TPSA) is 12.0 Å². The van der Waals surface area contributed by atoms with Crippen molar-refractivity contribution < 1.29 is 0 Å². The van der Waals surface area contributed by atoms with Gasteiger partial charge in [0.25, 0.3) is 0 Å². The van der Waals surface area contributed by atoms with E-state index in [-0.39, 0.29) is 0 Å². The summed E-state index contributed by atoms with van der Waals surface area (Å²) in [6, 6.07) is 7.13. The molecular formula is C11H15N. The van der Waals surface area contributed by atoms with E-state index < -0.39 is 0 Å². The molecule has 1 aromatic rings. The van der Waals surface area contributed by atoms with Crippen LogP contribution in [0.1, 0.15) is 29.7 Å². The van der Waals surface area contributed by atoms with E-state index in [0.29, 0.717) is 6.04 Å². The summed E-state index contributed by atoms with van der Waals surface area (Å²) in [7, 11) is 0. The zero-order valence-electron chi connectivity index (χ0n) is 7.72. The highest BCUT2D eigenvalue weighted by atomic mass is 14.9. The van der Waals surface area contributed by atoms with Crippen LogP contribution in [0.2, 0.25) is 0 Å². The minimum atomic E-state index is 0.536. The van der Waals surface area contributed by atoms with Crippen molar-refractivity contribution in [1.29, 1.82) is 0 Å². The van der Waals surface area contributed by atoms with Gasteiger partial charge in [0.1, 0.15) is 0 Å². The van der Waals surface area contributed by atoms with Crippen molar-refractivity contribution in [3.05, 3.63) is 34.9 Å². The van der Waals surface area contributed by atoms with Crippen LogP contribution in [0.15, 0.2) is 18.2 Å². The molecule has 0 saturated heterocycles. The summed E-state index contributed by atoms with van der Waals surface area (Å²) in [4.78, 5) is 0. The fraction of sp³-hybridized carbons (Fsp3) is 0.455. The van der Waals surface area contributed by atoms with Gasteiger partial charge in [0.15, 0.2) is 0 Å². The molecule has 1 unspecified atom stereocenters. The summed E-state index contributed by atoms with van der Waals surface area (Å²) in [6.07, 6.45) is 1.19. The average Bonchev–Trinajstić information content (AvgIpc) is 2.07. The van der Waals surface area contributed by atoms with E-state index in [2.05, 4.69) is 37.4 Å². The quantitative estimate of drug-likeness (QED) is 0.615. The molecule has 0 aromatic heterocycles. The standard InChI is InChI=1S/C11H15N/c1-8-4-3-5-11-9(2)12-7-6-10(8)11/h3-5,9,12H,6-7H2,1-2H3. The van der Waals surface area contributed by atoms with Crippen LogP contribution in [0.25, 0.3) is 0 Å². The first kappa shape index (κ1) is 7.81.